The molecular weight excluding hydrogens is 292 g/mol. The maximum absolute atomic E-state index is 12.1. The van der Waals surface area contributed by atoms with E-state index in [2.05, 4.69) is 10.2 Å². The number of morpholine rings is 1. The van der Waals surface area contributed by atoms with E-state index < -0.39 is 5.60 Å². The summed E-state index contributed by atoms with van der Waals surface area (Å²) in [5.74, 6) is -0.275. The Balaban J connectivity index is 1.86. The molecule has 116 valence electrons. The number of hydrogen-bond donors (Lipinski definition) is 2. The second-order valence-corrected chi connectivity index (χ2v) is 5.96. The van der Waals surface area contributed by atoms with Crippen LogP contribution < -0.4 is 5.32 Å². The zero-order chi connectivity index (χ0) is 15.3. The highest BCUT2D eigenvalue weighted by Gasteiger charge is 2.26. The Morgan fingerprint density at radius 1 is 1.43 bits per heavy atom. The summed E-state index contributed by atoms with van der Waals surface area (Å²) in [5.41, 5.74) is -0.574. The number of nitrogens with zero attached hydrogens (tertiary/aromatic N) is 1. The van der Waals surface area contributed by atoms with Crippen molar-refractivity contribution in [3.63, 3.8) is 0 Å². The summed E-state index contributed by atoms with van der Waals surface area (Å²) in [6.07, 6.45) is 0. The number of benzene rings is 1. The molecule has 1 aromatic rings. The van der Waals surface area contributed by atoms with Crippen LogP contribution in [-0.2, 0) is 4.74 Å². The van der Waals surface area contributed by atoms with Crippen molar-refractivity contribution in [3.8, 4) is 0 Å². The van der Waals surface area contributed by atoms with E-state index in [9.17, 15) is 9.90 Å². The van der Waals surface area contributed by atoms with Crippen molar-refractivity contribution in [1.29, 1.82) is 0 Å². The topological polar surface area (TPSA) is 61.8 Å². The largest absolute Gasteiger partial charge is 0.387 e. The first kappa shape index (κ1) is 16.2. The lowest BCUT2D eigenvalue weighted by atomic mass is 10.1. The van der Waals surface area contributed by atoms with Gasteiger partial charge in [-0.2, -0.15) is 0 Å². The van der Waals surface area contributed by atoms with Crippen LogP contribution >= 0.6 is 11.6 Å². The molecule has 1 saturated heterocycles. The summed E-state index contributed by atoms with van der Waals surface area (Å²) in [7, 11) is 0. The molecule has 0 aromatic heterocycles. The first-order chi connectivity index (χ1) is 9.98. The standard InChI is InChI=1S/C15H21ClN2O3/c1-15(20,11-18-6-8-21-9-7-18)10-17-14(19)12-4-2-3-5-13(12)16/h2-5,20H,6-11H2,1H3,(H,17,19). The lowest BCUT2D eigenvalue weighted by molar-refractivity contribution is -0.0213. The molecule has 21 heavy (non-hydrogen) atoms. The van der Waals surface area contributed by atoms with Gasteiger partial charge in [0.05, 0.1) is 29.4 Å². The second-order valence-electron chi connectivity index (χ2n) is 5.55. The van der Waals surface area contributed by atoms with Crippen molar-refractivity contribution in [2.24, 2.45) is 0 Å². The Morgan fingerprint density at radius 3 is 2.76 bits per heavy atom. The van der Waals surface area contributed by atoms with Gasteiger partial charge in [0, 0.05) is 26.2 Å². The number of rotatable bonds is 5. The number of amides is 1. The van der Waals surface area contributed by atoms with E-state index in [1.165, 1.54) is 0 Å². The van der Waals surface area contributed by atoms with E-state index in [4.69, 9.17) is 16.3 Å². The third-order valence-electron chi connectivity index (χ3n) is 3.42. The highest BCUT2D eigenvalue weighted by Crippen LogP contribution is 2.15. The highest BCUT2D eigenvalue weighted by molar-refractivity contribution is 6.33. The van der Waals surface area contributed by atoms with Gasteiger partial charge in [0.15, 0.2) is 0 Å². The molecule has 0 radical (unpaired) electrons. The normalized spacial score (nSPS) is 19.0. The van der Waals surface area contributed by atoms with E-state index in [0.29, 0.717) is 30.3 Å². The van der Waals surface area contributed by atoms with Gasteiger partial charge in [-0.1, -0.05) is 23.7 Å². The van der Waals surface area contributed by atoms with Crippen LogP contribution in [0.25, 0.3) is 0 Å². The number of aliphatic hydroxyl groups is 1. The van der Waals surface area contributed by atoms with Gasteiger partial charge in [-0.15, -0.1) is 0 Å². The lowest BCUT2D eigenvalue weighted by Crippen LogP contribution is -2.51. The molecule has 6 heteroatoms. The summed E-state index contributed by atoms with van der Waals surface area (Å²) >= 11 is 5.98. The fourth-order valence-corrected chi connectivity index (χ4v) is 2.53. The summed E-state index contributed by atoms with van der Waals surface area (Å²) in [5, 5.41) is 13.5. The zero-order valence-electron chi connectivity index (χ0n) is 12.1. The van der Waals surface area contributed by atoms with E-state index >= 15 is 0 Å². The molecule has 2 N–H and O–H groups in total. The molecule has 1 amide bonds. The molecule has 5 nitrogen and oxygen atoms in total. The average molecular weight is 313 g/mol. The number of ether oxygens (including phenoxy) is 1. The molecule has 0 aliphatic carbocycles. The van der Waals surface area contributed by atoms with Gasteiger partial charge >= 0.3 is 0 Å². The molecule has 0 saturated carbocycles. The molecule has 1 atom stereocenters. The van der Waals surface area contributed by atoms with Crippen LogP contribution in [-0.4, -0.2) is 60.9 Å². The monoisotopic (exact) mass is 312 g/mol. The third-order valence-corrected chi connectivity index (χ3v) is 3.75. The molecule has 0 bridgehead atoms. The lowest BCUT2D eigenvalue weighted by Gasteiger charge is -2.33. The Hall–Kier alpha value is -1.14. The van der Waals surface area contributed by atoms with Gasteiger partial charge in [-0.25, -0.2) is 0 Å². The summed E-state index contributed by atoms with van der Waals surface area (Å²) in [6.45, 7) is 5.36. The summed E-state index contributed by atoms with van der Waals surface area (Å²) in [6, 6.07) is 6.86. The van der Waals surface area contributed by atoms with Gasteiger partial charge < -0.3 is 15.2 Å². The molecule has 1 aliphatic rings. The predicted molar refractivity (Wildman–Crippen MR) is 81.7 cm³/mol. The van der Waals surface area contributed by atoms with Crippen LogP contribution in [0.3, 0.4) is 0 Å². The van der Waals surface area contributed by atoms with Gasteiger partial charge in [-0.3, -0.25) is 9.69 Å². The number of carbonyl (C=O) groups is 1. The molecule has 1 aliphatic heterocycles. The van der Waals surface area contributed by atoms with Crippen LogP contribution in [0.1, 0.15) is 17.3 Å². The fraction of sp³-hybridized carbons (Fsp3) is 0.533. The Morgan fingerprint density at radius 2 is 2.10 bits per heavy atom. The second kappa shape index (κ2) is 7.22. The number of β-amino-alcohol motifs (C(OH)–C–C–N with tert-alkyl or cyclic N) is 1. The van der Waals surface area contributed by atoms with Gasteiger partial charge in [-0.05, 0) is 19.1 Å². The van der Waals surface area contributed by atoms with Crippen LogP contribution in [0, 0.1) is 0 Å². The zero-order valence-corrected chi connectivity index (χ0v) is 12.9. The van der Waals surface area contributed by atoms with Crippen LogP contribution in [0.2, 0.25) is 5.02 Å². The van der Waals surface area contributed by atoms with Crippen molar-refractivity contribution in [3.05, 3.63) is 34.9 Å². The SMILES string of the molecule is CC(O)(CNC(=O)c1ccccc1Cl)CN1CCOCC1. The summed E-state index contributed by atoms with van der Waals surface area (Å²) < 4.78 is 5.28. The summed E-state index contributed by atoms with van der Waals surface area (Å²) in [4.78, 5) is 14.2. The van der Waals surface area contributed by atoms with E-state index in [1.807, 2.05) is 0 Å². The number of carbonyl (C=O) groups excluding carboxylic acids is 1. The quantitative estimate of drug-likeness (QED) is 0.856. The van der Waals surface area contributed by atoms with E-state index in [1.54, 1.807) is 31.2 Å². The molecule has 2 rings (SSSR count). The Kier molecular flexibility index (Phi) is 5.58. The van der Waals surface area contributed by atoms with E-state index in [0.717, 1.165) is 13.1 Å². The minimum absolute atomic E-state index is 0.175. The first-order valence-corrected chi connectivity index (χ1v) is 7.41. The third kappa shape index (κ3) is 4.97. The van der Waals surface area contributed by atoms with Crippen molar-refractivity contribution in [2.45, 2.75) is 12.5 Å². The molecule has 1 aromatic carbocycles. The number of halogens is 1. The molecule has 1 fully saturated rings. The number of nitrogens with one attached hydrogen (secondary N) is 1. The maximum atomic E-state index is 12.1. The first-order valence-electron chi connectivity index (χ1n) is 7.03. The maximum Gasteiger partial charge on any atom is 0.252 e. The van der Waals surface area contributed by atoms with Crippen molar-refractivity contribution >= 4 is 17.5 Å². The van der Waals surface area contributed by atoms with E-state index in [-0.39, 0.29) is 12.5 Å². The molecule has 0 spiro atoms. The van der Waals surface area contributed by atoms with Gasteiger partial charge in [0.25, 0.3) is 5.91 Å². The molecule has 1 heterocycles. The highest BCUT2D eigenvalue weighted by atomic mass is 35.5. The van der Waals surface area contributed by atoms with Crippen molar-refractivity contribution in [2.75, 3.05) is 39.4 Å². The van der Waals surface area contributed by atoms with Gasteiger partial charge in [0.1, 0.15) is 0 Å². The van der Waals surface area contributed by atoms with Crippen LogP contribution in [0.4, 0.5) is 0 Å². The Bertz CT molecular complexity index is 488. The van der Waals surface area contributed by atoms with Crippen molar-refractivity contribution in [1.82, 2.24) is 10.2 Å². The fourth-order valence-electron chi connectivity index (χ4n) is 2.31. The van der Waals surface area contributed by atoms with Crippen LogP contribution in [0.15, 0.2) is 24.3 Å². The van der Waals surface area contributed by atoms with Crippen LogP contribution in [0.5, 0.6) is 0 Å². The molecular formula is C15H21ClN2O3. The minimum Gasteiger partial charge on any atom is -0.387 e. The van der Waals surface area contributed by atoms with Gasteiger partial charge in [0.2, 0.25) is 0 Å². The minimum atomic E-state index is -0.992. The average Bonchev–Trinajstić information content (AvgIpc) is 2.46. The molecule has 1 unspecified atom stereocenters. The Labute approximate surface area is 129 Å². The predicted octanol–water partition coefficient (Wildman–Crippen LogP) is 1.15. The smallest absolute Gasteiger partial charge is 0.252 e. The van der Waals surface area contributed by atoms with Crippen molar-refractivity contribution < 1.29 is 14.6 Å². The number of hydrogen-bond acceptors (Lipinski definition) is 4.